The van der Waals surface area contributed by atoms with Crippen molar-refractivity contribution in [3.63, 3.8) is 0 Å². The molecule has 2 heterocycles. The van der Waals surface area contributed by atoms with Crippen LogP contribution in [0.15, 0.2) is 29.0 Å². The molecule has 0 spiro atoms. The Morgan fingerprint density at radius 1 is 1.48 bits per heavy atom. The molecule has 3 amide bonds. The molecule has 0 aliphatic rings. The standard InChI is InChI=1S/C12H15N5O2S2/c1-13-11(19)15-10(18)7-21-12-16-14-8-17(12)5-4-9-3-2-6-20-9/h2-3,6,8H,4-5,7H2,1H3,(H2,13,15,18,19). The second-order valence-electron chi connectivity index (χ2n) is 4.05. The van der Waals surface area contributed by atoms with Crippen LogP contribution in [0, 0.1) is 0 Å². The molecule has 0 fully saturated rings. The molecule has 0 aliphatic heterocycles. The van der Waals surface area contributed by atoms with Gasteiger partial charge in [0.2, 0.25) is 5.91 Å². The van der Waals surface area contributed by atoms with E-state index in [2.05, 4.69) is 26.9 Å². The topological polar surface area (TPSA) is 88.9 Å². The van der Waals surface area contributed by atoms with Crippen molar-refractivity contribution in [2.24, 2.45) is 0 Å². The Hall–Kier alpha value is -1.87. The number of hydrogen-bond donors (Lipinski definition) is 2. The van der Waals surface area contributed by atoms with Crippen LogP contribution in [0.3, 0.4) is 0 Å². The molecule has 0 bridgehead atoms. The molecule has 21 heavy (non-hydrogen) atoms. The van der Waals surface area contributed by atoms with E-state index in [0.717, 1.165) is 13.0 Å². The van der Waals surface area contributed by atoms with Crippen LogP contribution >= 0.6 is 23.1 Å². The summed E-state index contributed by atoms with van der Waals surface area (Å²) < 4.78 is 1.90. The van der Waals surface area contributed by atoms with Gasteiger partial charge < -0.3 is 9.88 Å². The number of carbonyl (C=O) groups excluding carboxylic acids is 2. The molecule has 0 saturated heterocycles. The molecule has 0 atom stereocenters. The van der Waals surface area contributed by atoms with E-state index in [0.29, 0.717) is 5.16 Å². The number of aryl methyl sites for hydroxylation is 2. The number of thioether (sulfide) groups is 1. The summed E-state index contributed by atoms with van der Waals surface area (Å²) in [6.45, 7) is 0.757. The van der Waals surface area contributed by atoms with Crippen molar-refractivity contribution >= 4 is 35.0 Å². The van der Waals surface area contributed by atoms with E-state index in [-0.39, 0.29) is 11.7 Å². The minimum atomic E-state index is -0.514. The van der Waals surface area contributed by atoms with Gasteiger partial charge in [-0.3, -0.25) is 10.1 Å². The lowest BCUT2D eigenvalue weighted by atomic mass is 10.3. The fourth-order valence-electron chi connectivity index (χ4n) is 1.55. The van der Waals surface area contributed by atoms with Crippen LogP contribution in [0.4, 0.5) is 4.79 Å². The number of rotatable bonds is 6. The van der Waals surface area contributed by atoms with Crippen molar-refractivity contribution in [2.45, 2.75) is 18.1 Å². The maximum absolute atomic E-state index is 11.5. The van der Waals surface area contributed by atoms with Gasteiger partial charge in [0.25, 0.3) is 0 Å². The summed E-state index contributed by atoms with van der Waals surface area (Å²) in [5, 5.41) is 15.1. The second-order valence-corrected chi connectivity index (χ2v) is 6.03. The molecule has 0 aromatic carbocycles. The van der Waals surface area contributed by atoms with E-state index in [1.165, 1.54) is 23.7 Å². The molecule has 2 aromatic heterocycles. The predicted molar refractivity (Wildman–Crippen MR) is 81.4 cm³/mol. The summed E-state index contributed by atoms with van der Waals surface area (Å²) in [7, 11) is 1.46. The summed E-state index contributed by atoms with van der Waals surface area (Å²) in [5.41, 5.74) is 0. The highest BCUT2D eigenvalue weighted by molar-refractivity contribution is 7.99. The molecule has 9 heteroatoms. The third kappa shape index (κ3) is 4.87. The van der Waals surface area contributed by atoms with Crippen LogP contribution in [0.25, 0.3) is 0 Å². The van der Waals surface area contributed by atoms with Crippen LogP contribution in [-0.4, -0.2) is 39.5 Å². The average molecular weight is 325 g/mol. The molecule has 0 unspecified atom stereocenters. The van der Waals surface area contributed by atoms with Crippen LogP contribution in [0.1, 0.15) is 4.88 Å². The van der Waals surface area contributed by atoms with Crippen molar-refractivity contribution in [2.75, 3.05) is 12.8 Å². The predicted octanol–water partition coefficient (Wildman–Crippen LogP) is 1.13. The molecule has 7 nitrogen and oxygen atoms in total. The van der Waals surface area contributed by atoms with Gasteiger partial charge in [-0.2, -0.15) is 0 Å². The van der Waals surface area contributed by atoms with Gasteiger partial charge in [0.1, 0.15) is 6.33 Å². The largest absolute Gasteiger partial charge is 0.341 e. The summed E-state index contributed by atoms with van der Waals surface area (Å²) in [5.74, 6) is -0.252. The minimum Gasteiger partial charge on any atom is -0.341 e. The van der Waals surface area contributed by atoms with E-state index in [9.17, 15) is 9.59 Å². The highest BCUT2D eigenvalue weighted by atomic mass is 32.2. The van der Waals surface area contributed by atoms with Crippen molar-refractivity contribution in [3.05, 3.63) is 28.7 Å². The summed E-state index contributed by atoms with van der Waals surface area (Å²) in [6.07, 6.45) is 2.54. The number of amides is 3. The third-order valence-electron chi connectivity index (χ3n) is 2.57. The van der Waals surface area contributed by atoms with Gasteiger partial charge in [-0.05, 0) is 17.9 Å². The van der Waals surface area contributed by atoms with E-state index in [1.807, 2.05) is 16.0 Å². The molecule has 0 saturated carbocycles. The molecule has 0 aliphatic carbocycles. The second kappa shape index (κ2) is 7.79. The quantitative estimate of drug-likeness (QED) is 0.777. The number of thiophene rings is 1. The first kappa shape index (κ1) is 15.5. The number of nitrogens with zero attached hydrogens (tertiary/aromatic N) is 3. The Balaban J connectivity index is 1.82. The average Bonchev–Trinajstić information content (AvgIpc) is 3.14. The Kier molecular flexibility index (Phi) is 5.76. The number of nitrogens with one attached hydrogen (secondary N) is 2. The van der Waals surface area contributed by atoms with Crippen LogP contribution in [0.5, 0.6) is 0 Å². The first-order valence-electron chi connectivity index (χ1n) is 6.23. The van der Waals surface area contributed by atoms with E-state index < -0.39 is 6.03 Å². The molecule has 0 radical (unpaired) electrons. The van der Waals surface area contributed by atoms with Gasteiger partial charge in [0.05, 0.1) is 5.75 Å². The molecule has 2 rings (SSSR count). The highest BCUT2D eigenvalue weighted by Gasteiger charge is 2.10. The fraction of sp³-hybridized carbons (Fsp3) is 0.333. The Labute approximate surface area is 130 Å². The van der Waals surface area contributed by atoms with Crippen molar-refractivity contribution in [3.8, 4) is 0 Å². The van der Waals surface area contributed by atoms with E-state index in [4.69, 9.17) is 0 Å². The van der Waals surface area contributed by atoms with Crippen molar-refractivity contribution in [1.82, 2.24) is 25.4 Å². The molecule has 112 valence electrons. The molecular formula is C12H15N5O2S2. The lowest BCUT2D eigenvalue weighted by Gasteiger charge is -2.05. The molecular weight excluding hydrogens is 310 g/mol. The normalized spacial score (nSPS) is 10.3. The molecule has 2 aromatic rings. The molecule has 2 N–H and O–H groups in total. The third-order valence-corrected chi connectivity index (χ3v) is 4.49. The number of urea groups is 1. The first-order chi connectivity index (χ1) is 10.2. The van der Waals surface area contributed by atoms with Gasteiger partial charge in [-0.1, -0.05) is 17.8 Å². The summed E-state index contributed by atoms with van der Waals surface area (Å²) in [4.78, 5) is 23.8. The number of hydrogen-bond acceptors (Lipinski definition) is 6. The van der Waals surface area contributed by atoms with Crippen molar-refractivity contribution in [1.29, 1.82) is 0 Å². The van der Waals surface area contributed by atoms with Crippen LogP contribution in [0.2, 0.25) is 0 Å². The highest BCUT2D eigenvalue weighted by Crippen LogP contribution is 2.16. The summed E-state index contributed by atoms with van der Waals surface area (Å²) in [6, 6.07) is 3.59. The number of carbonyl (C=O) groups is 2. The van der Waals surface area contributed by atoms with Crippen LogP contribution < -0.4 is 10.6 Å². The maximum atomic E-state index is 11.5. The number of aromatic nitrogens is 3. The summed E-state index contributed by atoms with van der Waals surface area (Å²) >= 11 is 2.96. The SMILES string of the molecule is CNC(=O)NC(=O)CSc1nncn1CCc1cccs1. The lowest BCUT2D eigenvalue weighted by molar-refractivity contribution is -0.117. The first-order valence-corrected chi connectivity index (χ1v) is 8.10. The van der Waals surface area contributed by atoms with Gasteiger partial charge in [0, 0.05) is 18.5 Å². The smallest absolute Gasteiger partial charge is 0.321 e. The van der Waals surface area contributed by atoms with E-state index in [1.54, 1.807) is 17.7 Å². The van der Waals surface area contributed by atoms with Crippen LogP contribution in [-0.2, 0) is 17.8 Å². The Bertz CT molecular complexity index is 597. The number of imide groups is 1. The lowest BCUT2D eigenvalue weighted by Crippen LogP contribution is -2.38. The van der Waals surface area contributed by atoms with Crippen molar-refractivity contribution < 1.29 is 9.59 Å². The Morgan fingerprint density at radius 2 is 2.33 bits per heavy atom. The van der Waals surface area contributed by atoms with Gasteiger partial charge in [-0.25, -0.2) is 4.79 Å². The zero-order valence-electron chi connectivity index (χ0n) is 11.4. The van der Waals surface area contributed by atoms with E-state index >= 15 is 0 Å². The zero-order chi connectivity index (χ0) is 15.1. The zero-order valence-corrected chi connectivity index (χ0v) is 13.0. The fourth-order valence-corrected chi connectivity index (χ4v) is 2.99. The minimum absolute atomic E-state index is 0.116. The monoisotopic (exact) mass is 325 g/mol. The Morgan fingerprint density at radius 3 is 3.05 bits per heavy atom. The van der Waals surface area contributed by atoms with Gasteiger partial charge >= 0.3 is 6.03 Å². The maximum Gasteiger partial charge on any atom is 0.321 e. The van der Waals surface area contributed by atoms with Gasteiger partial charge in [-0.15, -0.1) is 21.5 Å². The van der Waals surface area contributed by atoms with Gasteiger partial charge in [0.15, 0.2) is 5.16 Å².